The van der Waals surface area contributed by atoms with Gasteiger partial charge in [-0.2, -0.15) is 0 Å². The van der Waals surface area contributed by atoms with E-state index in [9.17, 15) is 33.4 Å². The van der Waals surface area contributed by atoms with Crippen molar-refractivity contribution < 1.29 is 47.6 Å². The number of halogens is 4. The van der Waals surface area contributed by atoms with Gasteiger partial charge in [0.1, 0.15) is 28.5 Å². The Kier molecular flexibility index (Phi) is 20.4. The van der Waals surface area contributed by atoms with Gasteiger partial charge in [-0.1, -0.05) is 13.8 Å². The van der Waals surface area contributed by atoms with Gasteiger partial charge >= 0.3 is 11.9 Å². The average molecular weight is 913 g/mol. The number of hydrogen-bond acceptors (Lipinski definition) is 10. The van der Waals surface area contributed by atoms with Crippen molar-refractivity contribution >= 4 is 74.9 Å². The molecule has 1 atom stereocenters. The van der Waals surface area contributed by atoms with Crippen LogP contribution in [0.25, 0.3) is 5.76 Å². The predicted octanol–water partition coefficient (Wildman–Crippen LogP) is 6.48. The number of carbonyl (C=O) groups excluding carboxylic acids is 3. The molecule has 0 unspecified atom stereocenters. The van der Waals surface area contributed by atoms with E-state index < -0.39 is 41.2 Å². The minimum absolute atomic E-state index is 0.0839. The van der Waals surface area contributed by atoms with Crippen LogP contribution in [0.15, 0.2) is 46.6 Å². The van der Waals surface area contributed by atoms with Crippen LogP contribution in [0.3, 0.4) is 0 Å². The highest BCUT2D eigenvalue weighted by Crippen LogP contribution is 2.26. The molecule has 0 heterocycles. The first-order valence-electron chi connectivity index (χ1n) is 15.6. The van der Waals surface area contributed by atoms with Crippen molar-refractivity contribution in [1.82, 2.24) is 4.90 Å². The van der Waals surface area contributed by atoms with Crippen LogP contribution >= 0.6 is 45.2 Å². The number of hydrogen-bond donors (Lipinski definition) is 2. The summed E-state index contributed by atoms with van der Waals surface area (Å²) >= 11 is 4.10. The van der Waals surface area contributed by atoms with Gasteiger partial charge in [0.05, 0.1) is 43.6 Å². The van der Waals surface area contributed by atoms with Gasteiger partial charge in [-0.3, -0.25) is 9.79 Å². The van der Waals surface area contributed by atoms with Gasteiger partial charge in [-0.15, -0.1) is 0 Å². The van der Waals surface area contributed by atoms with Crippen LogP contribution < -0.4 is 0 Å². The number of aliphatic imine (C=N–C) groups is 1. The maximum absolute atomic E-state index is 14.5. The minimum atomic E-state index is -0.833. The Morgan fingerprint density at radius 2 is 1.37 bits per heavy atom. The van der Waals surface area contributed by atoms with Crippen molar-refractivity contribution in [2.24, 2.45) is 4.99 Å². The van der Waals surface area contributed by atoms with Crippen LogP contribution in [0.2, 0.25) is 0 Å². The van der Waals surface area contributed by atoms with Crippen LogP contribution in [-0.2, 0) is 36.6 Å². The number of esters is 2. The van der Waals surface area contributed by atoms with Gasteiger partial charge in [-0.05, 0) is 114 Å². The van der Waals surface area contributed by atoms with E-state index in [2.05, 4.69) is 27.6 Å². The second-order valence-electron chi connectivity index (χ2n) is 10.4. The number of aliphatic hydroxyl groups excluding tert-OH is 2. The third-order valence-electron chi connectivity index (χ3n) is 6.55. The van der Waals surface area contributed by atoms with Gasteiger partial charge in [0.25, 0.3) is 0 Å². The normalized spacial score (nSPS) is 12.5. The number of nitrogens with zero attached hydrogens (tertiary/aromatic N) is 2. The summed E-state index contributed by atoms with van der Waals surface area (Å²) in [6.07, 6.45) is 3.75. The molecule has 2 aromatic rings. The van der Waals surface area contributed by atoms with E-state index >= 15 is 0 Å². The molecule has 0 amide bonds. The number of ketones is 1. The molecule has 270 valence electrons. The molecule has 2 rings (SSSR count). The van der Waals surface area contributed by atoms with Crippen molar-refractivity contribution in [2.45, 2.75) is 53.5 Å². The Balaban J connectivity index is 0.000000500. The van der Waals surface area contributed by atoms with Crippen LogP contribution in [0.5, 0.6) is 0 Å². The topological polar surface area (TPSA) is 135 Å². The Bertz CT molecular complexity index is 1540. The van der Waals surface area contributed by atoms with Gasteiger partial charge in [-0.25, -0.2) is 18.4 Å². The number of aliphatic hydroxyl groups is 2. The molecule has 0 saturated carbocycles. The molecule has 49 heavy (non-hydrogen) atoms. The standard InChI is InChI=1S/C19H25FINO5.C16H19FINO3/c1-4-12-7-16(20)14(8-17(12)21)18(24)15(19(25)27-6-3)9-22-13(10-23)11-26-5-2;1-5-10-7-13(17)11(8-14(10)18)15(20)12(9-19(3)4)16(21)22-6-2/h7-9,13,23-24H,4-6,10-11H2,1-3H3;7-9H,5-6H2,1-4H3/t13-;/m1./s1. The monoisotopic (exact) mass is 912 g/mol. The third kappa shape index (κ3) is 13.7. The first-order chi connectivity index (χ1) is 23.2. The second-order valence-corrected chi connectivity index (χ2v) is 12.7. The maximum atomic E-state index is 14.5. The average Bonchev–Trinajstić information content (AvgIpc) is 3.06. The zero-order chi connectivity index (χ0) is 37.3. The van der Waals surface area contributed by atoms with Gasteiger partial charge in [0.15, 0.2) is 0 Å². The lowest BCUT2D eigenvalue weighted by atomic mass is 10.0. The number of ether oxygens (including phenoxy) is 3. The van der Waals surface area contributed by atoms with E-state index in [0.29, 0.717) is 19.4 Å². The molecule has 0 fully saturated rings. The lowest BCUT2D eigenvalue weighted by Gasteiger charge is -2.12. The minimum Gasteiger partial charge on any atom is -0.506 e. The Morgan fingerprint density at radius 3 is 1.84 bits per heavy atom. The summed E-state index contributed by atoms with van der Waals surface area (Å²) in [5, 5.41) is 19.9. The number of Topliss-reactive ketones (excluding diaryl/α,β-unsaturated/α-hetero) is 1. The number of rotatable bonds is 16. The summed E-state index contributed by atoms with van der Waals surface area (Å²) in [5.41, 5.74) is 0.910. The summed E-state index contributed by atoms with van der Waals surface area (Å²) in [6, 6.07) is 5.00. The lowest BCUT2D eigenvalue weighted by Crippen LogP contribution is -2.20. The smallest absolute Gasteiger partial charge is 0.343 e. The van der Waals surface area contributed by atoms with Crippen LogP contribution in [0.1, 0.15) is 61.7 Å². The van der Waals surface area contributed by atoms with Gasteiger partial charge in [0.2, 0.25) is 5.78 Å². The van der Waals surface area contributed by atoms with E-state index in [0.717, 1.165) is 24.5 Å². The quantitative estimate of drug-likeness (QED) is 0.0284. The van der Waals surface area contributed by atoms with Crippen LogP contribution in [0.4, 0.5) is 8.78 Å². The van der Waals surface area contributed by atoms with E-state index in [1.807, 2.05) is 36.4 Å². The summed E-state index contributed by atoms with van der Waals surface area (Å²) in [5.74, 6) is -4.10. The maximum Gasteiger partial charge on any atom is 0.343 e. The molecule has 0 aliphatic rings. The first-order valence-corrected chi connectivity index (χ1v) is 17.7. The molecule has 0 saturated heterocycles. The SMILES string of the molecule is CCOC(=O)C(=CN(C)C)C(=O)c1cc(I)c(CC)cc1F.CCOC[C@@H](CO)N=CC(C(=O)OCC)=C(O)c1cc(I)c(CC)cc1F. The highest BCUT2D eigenvalue weighted by atomic mass is 127. The van der Waals surface area contributed by atoms with Gasteiger partial charge < -0.3 is 29.3 Å². The number of benzene rings is 2. The van der Waals surface area contributed by atoms with Gasteiger partial charge in [0, 0.05) is 40.3 Å². The molecule has 2 aromatic carbocycles. The van der Waals surface area contributed by atoms with Crippen molar-refractivity contribution in [3.8, 4) is 0 Å². The van der Waals surface area contributed by atoms with Crippen LogP contribution in [-0.4, -0.2) is 92.2 Å². The van der Waals surface area contributed by atoms with E-state index in [4.69, 9.17) is 14.2 Å². The summed E-state index contributed by atoms with van der Waals surface area (Å²) in [4.78, 5) is 42.3. The zero-order valence-corrected chi connectivity index (χ0v) is 33.1. The van der Waals surface area contributed by atoms with Crippen molar-refractivity contribution in [2.75, 3.05) is 47.1 Å². The Labute approximate surface area is 313 Å². The first kappa shape index (κ1) is 44.1. The Morgan fingerprint density at radius 1 is 0.857 bits per heavy atom. The molecular formula is C35H44F2I2N2O8. The molecule has 0 spiro atoms. The van der Waals surface area contributed by atoms with E-state index in [1.165, 1.54) is 30.5 Å². The van der Waals surface area contributed by atoms with Crippen LogP contribution in [0, 0.1) is 18.8 Å². The summed E-state index contributed by atoms with van der Waals surface area (Å²) < 4.78 is 45.2. The summed E-state index contributed by atoms with van der Waals surface area (Å²) in [6.45, 7) is 9.41. The molecular weight excluding hydrogens is 868 g/mol. The van der Waals surface area contributed by atoms with Crippen molar-refractivity contribution in [1.29, 1.82) is 0 Å². The fourth-order valence-electron chi connectivity index (χ4n) is 4.03. The lowest BCUT2D eigenvalue weighted by molar-refractivity contribution is -0.138. The summed E-state index contributed by atoms with van der Waals surface area (Å²) in [7, 11) is 3.35. The molecule has 10 nitrogen and oxygen atoms in total. The second kappa shape index (κ2) is 22.7. The third-order valence-corrected chi connectivity index (χ3v) is 8.56. The fraction of sp³-hybridized carbons (Fsp3) is 0.429. The Hall–Kier alpha value is -2.96. The molecule has 0 radical (unpaired) electrons. The predicted molar refractivity (Wildman–Crippen MR) is 202 cm³/mol. The number of aryl methyl sites for hydroxylation is 2. The molecule has 0 aliphatic carbocycles. The number of carbonyl (C=O) groups is 3. The highest BCUT2D eigenvalue weighted by Gasteiger charge is 2.25. The van der Waals surface area contributed by atoms with Crippen molar-refractivity contribution in [3.05, 3.63) is 82.6 Å². The molecule has 0 aliphatic heterocycles. The highest BCUT2D eigenvalue weighted by molar-refractivity contribution is 14.1. The van der Waals surface area contributed by atoms with Crippen molar-refractivity contribution in [3.63, 3.8) is 0 Å². The zero-order valence-electron chi connectivity index (χ0n) is 28.7. The largest absolute Gasteiger partial charge is 0.506 e. The molecule has 2 N–H and O–H groups in total. The van der Waals surface area contributed by atoms with E-state index in [1.54, 1.807) is 39.8 Å². The van der Waals surface area contributed by atoms with E-state index in [-0.39, 0.29) is 48.7 Å². The molecule has 0 aromatic heterocycles. The molecule has 0 bridgehead atoms. The fourth-order valence-corrected chi connectivity index (χ4v) is 5.73. The molecule has 14 heteroatoms.